The molecule has 0 unspecified atom stereocenters. The third kappa shape index (κ3) is 3.53. The largest absolute Gasteiger partial charge is 0.345 e. The molecule has 3 rings (SSSR count). The molecule has 5 heteroatoms. The Morgan fingerprint density at radius 2 is 1.81 bits per heavy atom. The van der Waals surface area contributed by atoms with Gasteiger partial charge in [0.15, 0.2) is 0 Å². The fraction of sp³-hybridized carbons (Fsp3) is 0.238. The second kappa shape index (κ2) is 7.79. The van der Waals surface area contributed by atoms with Crippen molar-refractivity contribution >= 4 is 17.7 Å². The highest BCUT2D eigenvalue weighted by Gasteiger charge is 2.18. The molecule has 1 heterocycles. The molecule has 134 valence electrons. The molecule has 1 aromatic heterocycles. The molecular formula is C21H23N3OS. The van der Waals surface area contributed by atoms with E-state index in [0.717, 1.165) is 27.4 Å². The lowest BCUT2D eigenvalue weighted by Crippen LogP contribution is -2.27. The van der Waals surface area contributed by atoms with Crippen molar-refractivity contribution < 1.29 is 4.79 Å². The summed E-state index contributed by atoms with van der Waals surface area (Å²) in [6, 6.07) is 15.7. The molecule has 0 aliphatic carbocycles. The van der Waals surface area contributed by atoms with Crippen molar-refractivity contribution in [2.24, 2.45) is 0 Å². The number of carbonyl (C=O) groups is 1. The lowest BCUT2D eigenvalue weighted by Gasteiger charge is -2.16. The van der Waals surface area contributed by atoms with Gasteiger partial charge in [-0.15, -0.1) is 11.8 Å². The quantitative estimate of drug-likeness (QED) is 0.667. The lowest BCUT2D eigenvalue weighted by molar-refractivity contribution is 0.0937. The number of amides is 1. The Balaban J connectivity index is 1.84. The molecule has 26 heavy (non-hydrogen) atoms. The Kier molecular flexibility index (Phi) is 5.47. The van der Waals surface area contributed by atoms with Crippen LogP contribution < -0.4 is 5.32 Å². The number of rotatable bonds is 5. The second-order valence-corrected chi connectivity index (χ2v) is 7.13. The Bertz CT molecular complexity index is 933. The zero-order chi connectivity index (χ0) is 18.7. The molecule has 0 saturated heterocycles. The molecular weight excluding hydrogens is 342 g/mol. The topological polar surface area (TPSA) is 46.9 Å². The van der Waals surface area contributed by atoms with E-state index in [0.29, 0.717) is 5.56 Å². The van der Waals surface area contributed by atoms with Gasteiger partial charge in [-0.25, -0.2) is 4.68 Å². The maximum absolute atomic E-state index is 12.7. The Hall–Kier alpha value is -2.53. The lowest BCUT2D eigenvalue weighted by atomic mass is 10.1. The van der Waals surface area contributed by atoms with Crippen LogP contribution in [-0.2, 0) is 0 Å². The van der Waals surface area contributed by atoms with Crippen molar-refractivity contribution in [3.05, 3.63) is 77.1 Å². The van der Waals surface area contributed by atoms with Crippen LogP contribution in [0.3, 0.4) is 0 Å². The molecule has 0 spiro atoms. The highest BCUT2D eigenvalue weighted by molar-refractivity contribution is 7.98. The molecule has 0 aliphatic rings. The first kappa shape index (κ1) is 18.3. The van der Waals surface area contributed by atoms with E-state index in [2.05, 4.69) is 29.5 Å². The summed E-state index contributed by atoms with van der Waals surface area (Å²) >= 11 is 1.58. The average Bonchev–Trinajstić information content (AvgIpc) is 3.03. The maximum Gasteiger partial charge on any atom is 0.252 e. The van der Waals surface area contributed by atoms with Gasteiger partial charge in [0.2, 0.25) is 0 Å². The summed E-state index contributed by atoms with van der Waals surface area (Å²) in [7, 11) is 0. The first-order chi connectivity index (χ1) is 12.5. The summed E-state index contributed by atoms with van der Waals surface area (Å²) in [5.74, 6) is -0.0644. The number of thioether (sulfide) groups is 1. The van der Waals surface area contributed by atoms with E-state index in [1.807, 2.05) is 67.4 Å². The maximum atomic E-state index is 12.7. The predicted molar refractivity (Wildman–Crippen MR) is 107 cm³/mol. The van der Waals surface area contributed by atoms with Crippen molar-refractivity contribution in [1.82, 2.24) is 15.1 Å². The van der Waals surface area contributed by atoms with E-state index >= 15 is 0 Å². The molecule has 0 fully saturated rings. The van der Waals surface area contributed by atoms with Gasteiger partial charge in [-0.2, -0.15) is 5.10 Å². The predicted octanol–water partition coefficient (Wildman–Crippen LogP) is 4.70. The summed E-state index contributed by atoms with van der Waals surface area (Å²) in [6.07, 6.45) is 3.82. The fourth-order valence-corrected chi connectivity index (χ4v) is 3.67. The summed E-state index contributed by atoms with van der Waals surface area (Å²) in [6.45, 7) is 6.10. The van der Waals surface area contributed by atoms with Crippen LogP contribution in [0.25, 0.3) is 5.69 Å². The summed E-state index contributed by atoms with van der Waals surface area (Å²) in [5, 5.41) is 7.64. The third-order valence-electron chi connectivity index (χ3n) is 4.56. The molecule has 2 aromatic carbocycles. The van der Waals surface area contributed by atoms with Crippen LogP contribution in [0.4, 0.5) is 0 Å². The zero-order valence-corrected chi connectivity index (χ0v) is 16.3. The fourth-order valence-electron chi connectivity index (χ4n) is 3.08. The molecule has 1 atom stereocenters. The smallest absolute Gasteiger partial charge is 0.252 e. The highest BCUT2D eigenvalue weighted by atomic mass is 32.2. The minimum absolute atomic E-state index is 0.0644. The van der Waals surface area contributed by atoms with Crippen molar-refractivity contribution in [3.8, 4) is 5.69 Å². The van der Waals surface area contributed by atoms with Crippen molar-refractivity contribution in [1.29, 1.82) is 0 Å². The van der Waals surface area contributed by atoms with Crippen molar-refractivity contribution in [2.75, 3.05) is 6.26 Å². The zero-order valence-electron chi connectivity index (χ0n) is 15.5. The highest BCUT2D eigenvalue weighted by Crippen LogP contribution is 2.24. The summed E-state index contributed by atoms with van der Waals surface area (Å²) in [4.78, 5) is 13.7. The molecule has 0 aliphatic heterocycles. The van der Waals surface area contributed by atoms with Gasteiger partial charge in [-0.1, -0.05) is 30.3 Å². The number of nitrogens with zero attached hydrogens (tertiary/aromatic N) is 2. The van der Waals surface area contributed by atoms with Crippen molar-refractivity contribution in [2.45, 2.75) is 31.7 Å². The molecule has 0 saturated carbocycles. The minimum atomic E-state index is -0.129. The summed E-state index contributed by atoms with van der Waals surface area (Å²) < 4.78 is 1.93. The van der Waals surface area contributed by atoms with Gasteiger partial charge in [0.25, 0.3) is 5.91 Å². The Morgan fingerprint density at radius 1 is 1.12 bits per heavy atom. The molecule has 1 amide bonds. The van der Waals surface area contributed by atoms with E-state index in [4.69, 9.17) is 0 Å². The number of hydrogen-bond donors (Lipinski definition) is 1. The molecule has 0 bridgehead atoms. The van der Waals surface area contributed by atoms with E-state index in [9.17, 15) is 4.79 Å². The van der Waals surface area contributed by atoms with Gasteiger partial charge in [-0.05, 0) is 50.8 Å². The van der Waals surface area contributed by atoms with Gasteiger partial charge >= 0.3 is 0 Å². The van der Waals surface area contributed by atoms with Crippen LogP contribution in [0, 0.1) is 13.8 Å². The monoisotopic (exact) mass is 365 g/mol. The van der Waals surface area contributed by atoms with Crippen LogP contribution in [0.1, 0.15) is 40.1 Å². The minimum Gasteiger partial charge on any atom is -0.345 e. The molecule has 3 aromatic rings. The molecule has 0 radical (unpaired) electrons. The number of aromatic nitrogens is 2. The third-order valence-corrected chi connectivity index (χ3v) is 5.35. The van der Waals surface area contributed by atoms with E-state index < -0.39 is 0 Å². The van der Waals surface area contributed by atoms with Crippen LogP contribution in [0.2, 0.25) is 0 Å². The van der Waals surface area contributed by atoms with E-state index in [1.165, 1.54) is 0 Å². The van der Waals surface area contributed by atoms with Gasteiger partial charge < -0.3 is 5.32 Å². The van der Waals surface area contributed by atoms with Crippen LogP contribution in [-0.4, -0.2) is 21.9 Å². The second-order valence-electron chi connectivity index (χ2n) is 6.28. The number of nitrogens with one attached hydrogen (secondary N) is 1. The molecule has 1 N–H and O–H groups in total. The number of benzene rings is 2. The van der Waals surface area contributed by atoms with Crippen LogP contribution in [0.5, 0.6) is 0 Å². The first-order valence-electron chi connectivity index (χ1n) is 8.57. The standard InChI is InChI=1S/C21H23N3OS/c1-14-9-5-7-11-19(14)24-16(3)18(13-22-24)15(2)23-21(25)17-10-6-8-12-20(17)26-4/h5-13,15H,1-4H3,(H,23,25)/t15-/m0/s1. The number of carbonyl (C=O) groups excluding carboxylic acids is 1. The first-order valence-corrected chi connectivity index (χ1v) is 9.79. The van der Waals surface area contributed by atoms with Crippen molar-refractivity contribution in [3.63, 3.8) is 0 Å². The number of hydrogen-bond acceptors (Lipinski definition) is 3. The van der Waals surface area contributed by atoms with Gasteiger partial charge in [0.1, 0.15) is 0 Å². The Morgan fingerprint density at radius 3 is 2.54 bits per heavy atom. The van der Waals surface area contributed by atoms with Crippen LogP contribution >= 0.6 is 11.8 Å². The van der Waals surface area contributed by atoms with Gasteiger partial charge in [0, 0.05) is 16.2 Å². The number of aryl methyl sites for hydroxylation is 1. The number of para-hydroxylation sites is 1. The van der Waals surface area contributed by atoms with E-state index in [-0.39, 0.29) is 11.9 Å². The van der Waals surface area contributed by atoms with E-state index in [1.54, 1.807) is 11.8 Å². The normalized spacial score (nSPS) is 12.0. The van der Waals surface area contributed by atoms with Gasteiger partial charge in [-0.3, -0.25) is 4.79 Å². The average molecular weight is 366 g/mol. The molecule has 4 nitrogen and oxygen atoms in total. The summed E-state index contributed by atoms with van der Waals surface area (Å²) in [5.41, 5.74) is 4.97. The van der Waals surface area contributed by atoms with Gasteiger partial charge in [0.05, 0.1) is 23.5 Å². The Labute approximate surface area is 158 Å². The van der Waals surface area contributed by atoms with Crippen LogP contribution in [0.15, 0.2) is 59.6 Å². The SMILES string of the molecule is CSc1ccccc1C(=O)N[C@@H](C)c1cnn(-c2ccccc2C)c1C.